The van der Waals surface area contributed by atoms with Gasteiger partial charge in [-0.2, -0.15) is 5.10 Å². The van der Waals surface area contributed by atoms with E-state index in [2.05, 4.69) is 0 Å². The van der Waals surface area contributed by atoms with Crippen LogP contribution in [0.1, 0.15) is 18.4 Å². The number of thiocarbonyl (C=S) groups is 1. The SMILES string of the molecule is O=C(O)CCCN1C(=O)/C(=C/c2cn(-c3ccccc3)nc2-c2ccc3c(c2)OCCO3)SC1=S. The molecule has 0 atom stereocenters. The number of aromatic nitrogens is 2. The quantitative estimate of drug-likeness (QED) is 0.372. The Labute approximate surface area is 211 Å². The second-order valence-electron chi connectivity index (χ2n) is 7.90. The molecule has 1 amide bonds. The number of carbonyl (C=O) groups excluding carboxylic acids is 1. The largest absolute Gasteiger partial charge is 0.486 e. The van der Waals surface area contributed by atoms with Gasteiger partial charge in [-0.15, -0.1) is 0 Å². The highest BCUT2D eigenvalue weighted by molar-refractivity contribution is 8.26. The highest BCUT2D eigenvalue weighted by atomic mass is 32.2. The number of benzene rings is 2. The molecule has 0 unspecified atom stereocenters. The number of carboxylic acid groups (broad SMARTS) is 1. The van der Waals surface area contributed by atoms with E-state index in [-0.39, 0.29) is 18.9 Å². The molecule has 0 spiro atoms. The molecule has 35 heavy (non-hydrogen) atoms. The number of thioether (sulfide) groups is 1. The summed E-state index contributed by atoms with van der Waals surface area (Å²) >= 11 is 6.60. The van der Waals surface area contributed by atoms with Crippen LogP contribution in [0.2, 0.25) is 0 Å². The first-order valence-corrected chi connectivity index (χ1v) is 12.2. The van der Waals surface area contributed by atoms with Crippen molar-refractivity contribution >= 4 is 46.3 Å². The van der Waals surface area contributed by atoms with Gasteiger partial charge in [0.25, 0.3) is 5.91 Å². The predicted molar refractivity (Wildman–Crippen MR) is 137 cm³/mol. The Bertz CT molecular complexity index is 1340. The third kappa shape index (κ3) is 4.94. The van der Waals surface area contributed by atoms with Crippen LogP contribution in [0.15, 0.2) is 59.6 Å². The first-order valence-electron chi connectivity index (χ1n) is 11.0. The molecule has 0 aliphatic carbocycles. The smallest absolute Gasteiger partial charge is 0.303 e. The summed E-state index contributed by atoms with van der Waals surface area (Å²) in [5.74, 6) is 0.208. The highest BCUT2D eigenvalue weighted by Gasteiger charge is 2.32. The molecule has 0 saturated carbocycles. The van der Waals surface area contributed by atoms with E-state index in [4.69, 9.17) is 31.9 Å². The molecular weight excluding hydrogens is 486 g/mol. The van der Waals surface area contributed by atoms with Crippen molar-refractivity contribution in [3.63, 3.8) is 0 Å². The van der Waals surface area contributed by atoms with Crippen LogP contribution in [0.4, 0.5) is 0 Å². The first kappa shape index (κ1) is 23.1. The number of para-hydroxylation sites is 1. The minimum Gasteiger partial charge on any atom is -0.486 e. The van der Waals surface area contributed by atoms with Crippen LogP contribution in [0.5, 0.6) is 11.5 Å². The number of aliphatic carboxylic acids is 1. The number of nitrogens with zero attached hydrogens (tertiary/aromatic N) is 3. The van der Waals surface area contributed by atoms with Gasteiger partial charge >= 0.3 is 5.97 Å². The van der Waals surface area contributed by atoms with Gasteiger partial charge in [0.05, 0.1) is 10.6 Å². The second-order valence-corrected chi connectivity index (χ2v) is 9.58. The molecule has 0 bridgehead atoms. The molecule has 1 saturated heterocycles. The van der Waals surface area contributed by atoms with Gasteiger partial charge in [0, 0.05) is 30.3 Å². The standard InChI is InChI=1S/C25H21N3O5S2/c29-22(30)7-4-10-27-24(31)21(35-25(27)34)14-17-15-28(18-5-2-1-3-6-18)26-23(17)16-8-9-19-20(13-16)33-12-11-32-19/h1-3,5-6,8-9,13-15H,4,7,10-12H2,(H,29,30)/b21-14-. The van der Waals surface area contributed by atoms with Crippen molar-refractivity contribution in [2.75, 3.05) is 19.8 Å². The van der Waals surface area contributed by atoms with Gasteiger partial charge in [-0.25, -0.2) is 4.68 Å². The molecule has 8 nitrogen and oxygen atoms in total. The summed E-state index contributed by atoms with van der Waals surface area (Å²) < 4.78 is 13.6. The molecule has 0 radical (unpaired) electrons. The number of rotatable bonds is 7. The van der Waals surface area contributed by atoms with Crippen LogP contribution >= 0.6 is 24.0 Å². The van der Waals surface area contributed by atoms with Gasteiger partial charge in [-0.05, 0) is 42.8 Å². The summed E-state index contributed by atoms with van der Waals surface area (Å²) in [7, 11) is 0. The summed E-state index contributed by atoms with van der Waals surface area (Å²) in [4.78, 5) is 25.8. The Balaban J connectivity index is 1.51. The van der Waals surface area contributed by atoms with E-state index in [9.17, 15) is 9.59 Å². The zero-order valence-corrected chi connectivity index (χ0v) is 20.2. The van der Waals surface area contributed by atoms with Crippen molar-refractivity contribution in [1.29, 1.82) is 0 Å². The van der Waals surface area contributed by atoms with E-state index < -0.39 is 5.97 Å². The molecule has 2 aliphatic rings. The summed E-state index contributed by atoms with van der Waals surface area (Å²) in [5, 5.41) is 13.7. The fourth-order valence-electron chi connectivity index (χ4n) is 3.84. The number of fused-ring (bicyclic) bond motifs is 1. The van der Waals surface area contributed by atoms with E-state index >= 15 is 0 Å². The molecule has 1 fully saturated rings. The minimum atomic E-state index is -0.900. The maximum atomic E-state index is 13.1. The third-order valence-electron chi connectivity index (χ3n) is 5.51. The molecule has 2 aliphatic heterocycles. The number of amides is 1. The Morgan fingerprint density at radius 3 is 2.69 bits per heavy atom. The molecule has 3 heterocycles. The first-order chi connectivity index (χ1) is 17.0. The lowest BCUT2D eigenvalue weighted by molar-refractivity contribution is -0.137. The van der Waals surface area contributed by atoms with E-state index in [1.165, 1.54) is 16.7 Å². The van der Waals surface area contributed by atoms with Crippen LogP contribution in [0.25, 0.3) is 23.0 Å². The minimum absolute atomic E-state index is 0.0196. The summed E-state index contributed by atoms with van der Waals surface area (Å²) in [6.07, 6.45) is 3.98. The lowest BCUT2D eigenvalue weighted by Gasteiger charge is -2.18. The lowest BCUT2D eigenvalue weighted by atomic mass is 10.1. The Morgan fingerprint density at radius 2 is 1.91 bits per heavy atom. The van der Waals surface area contributed by atoms with Crippen LogP contribution in [-0.4, -0.2) is 55.7 Å². The summed E-state index contributed by atoms with van der Waals surface area (Å²) in [6, 6.07) is 15.4. The van der Waals surface area contributed by atoms with Crippen molar-refractivity contribution in [2.24, 2.45) is 0 Å². The van der Waals surface area contributed by atoms with E-state index in [1.807, 2.05) is 54.7 Å². The molecule has 1 N–H and O–H groups in total. The number of ether oxygens (including phenoxy) is 2. The van der Waals surface area contributed by atoms with Crippen molar-refractivity contribution in [3.05, 3.63) is 65.2 Å². The van der Waals surface area contributed by atoms with Gasteiger partial charge in [0.2, 0.25) is 0 Å². The zero-order valence-electron chi connectivity index (χ0n) is 18.5. The van der Waals surface area contributed by atoms with Crippen molar-refractivity contribution in [3.8, 4) is 28.4 Å². The van der Waals surface area contributed by atoms with E-state index in [0.717, 1.165) is 16.8 Å². The number of carbonyl (C=O) groups is 2. The van der Waals surface area contributed by atoms with Crippen LogP contribution in [-0.2, 0) is 9.59 Å². The topological polar surface area (TPSA) is 93.9 Å². The van der Waals surface area contributed by atoms with Crippen molar-refractivity contribution in [1.82, 2.24) is 14.7 Å². The Hall–Kier alpha value is -3.63. The zero-order chi connectivity index (χ0) is 24.4. The molecule has 5 rings (SSSR count). The van der Waals surface area contributed by atoms with Crippen molar-refractivity contribution in [2.45, 2.75) is 12.8 Å². The molecule has 1 aromatic heterocycles. The third-order valence-corrected chi connectivity index (χ3v) is 6.89. The van der Waals surface area contributed by atoms with Gasteiger partial charge in [0.1, 0.15) is 23.2 Å². The normalized spacial score (nSPS) is 16.2. The van der Waals surface area contributed by atoms with Gasteiger partial charge in [-0.1, -0.05) is 42.2 Å². The van der Waals surface area contributed by atoms with Gasteiger partial charge < -0.3 is 14.6 Å². The maximum Gasteiger partial charge on any atom is 0.303 e. The number of hydrogen-bond acceptors (Lipinski definition) is 7. The Morgan fingerprint density at radius 1 is 1.14 bits per heavy atom. The molecule has 2 aromatic carbocycles. The highest BCUT2D eigenvalue weighted by Crippen LogP contribution is 2.38. The average Bonchev–Trinajstić information content (AvgIpc) is 3.40. The average molecular weight is 508 g/mol. The van der Waals surface area contributed by atoms with Crippen LogP contribution in [0.3, 0.4) is 0 Å². The molecule has 10 heteroatoms. The summed E-state index contributed by atoms with van der Waals surface area (Å²) in [5.41, 5.74) is 3.14. The van der Waals surface area contributed by atoms with Crippen LogP contribution in [0, 0.1) is 0 Å². The molecule has 3 aromatic rings. The van der Waals surface area contributed by atoms with Gasteiger partial charge in [0.15, 0.2) is 11.5 Å². The van der Waals surface area contributed by atoms with E-state index in [1.54, 1.807) is 10.8 Å². The molecule has 178 valence electrons. The second kappa shape index (κ2) is 9.93. The predicted octanol–water partition coefficient (Wildman–Crippen LogP) is 4.38. The monoisotopic (exact) mass is 507 g/mol. The van der Waals surface area contributed by atoms with Gasteiger partial charge in [-0.3, -0.25) is 14.5 Å². The fourth-order valence-corrected chi connectivity index (χ4v) is 5.14. The number of hydrogen-bond donors (Lipinski definition) is 1. The number of carboxylic acids is 1. The fraction of sp³-hybridized carbons (Fsp3) is 0.200. The molecular formula is C25H21N3O5S2. The Kier molecular flexibility index (Phi) is 6.56. The lowest BCUT2D eigenvalue weighted by Crippen LogP contribution is -2.29. The van der Waals surface area contributed by atoms with Crippen LogP contribution < -0.4 is 9.47 Å². The van der Waals surface area contributed by atoms with E-state index in [0.29, 0.717) is 46.1 Å². The maximum absolute atomic E-state index is 13.1. The summed E-state index contributed by atoms with van der Waals surface area (Å²) in [6.45, 7) is 1.26. The van der Waals surface area contributed by atoms with Crippen molar-refractivity contribution < 1.29 is 24.2 Å².